The Kier molecular flexibility index (Phi) is 26.3. The van der Waals surface area contributed by atoms with Gasteiger partial charge in [-0.25, -0.2) is 0 Å². The van der Waals surface area contributed by atoms with Gasteiger partial charge in [-0.05, 0) is 5.56 Å². The number of aliphatic hydroxyl groups excluding tert-OH is 3. The number of carbonyl (C=O) groups excluding carboxylic acids is 1. The number of aromatic carboxylic acids is 1. The molecule has 0 aliphatic heterocycles. The third-order valence-corrected chi connectivity index (χ3v) is 1.43. The van der Waals surface area contributed by atoms with E-state index in [4.69, 9.17) is 15.3 Å². The van der Waals surface area contributed by atoms with E-state index in [0.29, 0.717) is 0 Å². The number of carboxylic acids is 1. The Bertz CT molecular complexity index is 279. The molecule has 0 unspecified atom stereocenters. The molecule has 1 rings (SSSR count). The summed E-state index contributed by atoms with van der Waals surface area (Å²) >= 11 is 0. The van der Waals surface area contributed by atoms with Crippen LogP contribution in [0, 0.1) is 0 Å². The average Bonchev–Trinajstić information content (AvgIpc) is 2.30. The minimum Gasteiger partial charge on any atom is -0.870 e. The van der Waals surface area contributed by atoms with Crippen molar-refractivity contribution in [1.29, 1.82) is 0 Å². The summed E-state index contributed by atoms with van der Waals surface area (Å²) in [7, 11) is 0. The molecule has 6 nitrogen and oxygen atoms in total. The Morgan fingerprint density at radius 1 is 1.11 bits per heavy atom. The first-order valence-corrected chi connectivity index (χ1v) is 4.28. The molecule has 0 saturated heterocycles. The van der Waals surface area contributed by atoms with Crippen LogP contribution in [0.2, 0.25) is 0 Å². The number of carboxylic acid groups (broad SMARTS) is 1. The van der Waals surface area contributed by atoms with E-state index in [9.17, 15) is 9.90 Å². The molecule has 0 amide bonds. The summed E-state index contributed by atoms with van der Waals surface area (Å²) in [4.78, 5) is 10.1. The van der Waals surface area contributed by atoms with E-state index in [1.54, 1.807) is 18.2 Å². The molecule has 0 atom stereocenters. The molecule has 0 heterocycles. The van der Waals surface area contributed by atoms with Crippen molar-refractivity contribution in [3.63, 3.8) is 0 Å². The Balaban J connectivity index is -0.0000000992. The minimum atomic E-state index is -1.13. The number of hydrogen-bond donors (Lipinski definition) is 3. The van der Waals surface area contributed by atoms with E-state index in [1.807, 2.05) is 0 Å². The fourth-order valence-corrected chi connectivity index (χ4v) is 0.632. The van der Waals surface area contributed by atoms with E-state index in [2.05, 4.69) is 0 Å². The number of carbonyl (C=O) groups is 1. The quantitative estimate of drug-likeness (QED) is 0.470. The molecule has 0 aromatic heterocycles. The summed E-state index contributed by atoms with van der Waals surface area (Å²) in [6.07, 6.45) is -0.954. The van der Waals surface area contributed by atoms with Gasteiger partial charge in [-0.3, -0.25) is 0 Å². The molecule has 0 radical (unpaired) electrons. The van der Waals surface area contributed by atoms with E-state index in [1.165, 1.54) is 12.1 Å². The molecule has 1 aromatic carbocycles. The SMILES string of the molecule is O=C([O-])c1ccccc1.OCC(O)CO.[Na+].[Na+].[OH-]. The van der Waals surface area contributed by atoms with Crippen molar-refractivity contribution in [3.8, 4) is 0 Å². The second kappa shape index (κ2) is 17.5. The number of rotatable bonds is 3. The summed E-state index contributed by atoms with van der Waals surface area (Å²) in [5.41, 5.74) is 0.220. The monoisotopic (exact) mass is 276 g/mol. The second-order valence-corrected chi connectivity index (χ2v) is 2.67. The van der Waals surface area contributed by atoms with Gasteiger partial charge >= 0.3 is 59.1 Å². The molecule has 0 aliphatic rings. The van der Waals surface area contributed by atoms with Crippen LogP contribution in [0.15, 0.2) is 30.3 Å². The zero-order valence-electron chi connectivity index (χ0n) is 10.5. The summed E-state index contributed by atoms with van der Waals surface area (Å²) in [6, 6.07) is 8.06. The fraction of sp³-hybridized carbons (Fsp3) is 0.300. The van der Waals surface area contributed by atoms with Crippen LogP contribution in [0.25, 0.3) is 0 Å². The van der Waals surface area contributed by atoms with Gasteiger partial charge in [0.05, 0.1) is 19.2 Å². The first-order chi connectivity index (χ1) is 7.11. The first-order valence-electron chi connectivity index (χ1n) is 4.28. The van der Waals surface area contributed by atoms with Crippen LogP contribution >= 0.6 is 0 Å². The number of hydrogen-bond acceptors (Lipinski definition) is 6. The number of aliphatic hydroxyl groups is 3. The molecule has 18 heavy (non-hydrogen) atoms. The van der Waals surface area contributed by atoms with E-state index in [-0.39, 0.29) is 83.4 Å². The van der Waals surface area contributed by atoms with Crippen LogP contribution in [0.4, 0.5) is 0 Å². The minimum absolute atomic E-state index is 0. The predicted octanol–water partition coefficient (Wildman–Crippen LogP) is -7.79. The normalized spacial score (nSPS) is 7.78. The van der Waals surface area contributed by atoms with E-state index >= 15 is 0 Å². The Morgan fingerprint density at radius 3 is 1.67 bits per heavy atom. The largest absolute Gasteiger partial charge is 1.00 e. The van der Waals surface area contributed by atoms with Crippen molar-refractivity contribution in [2.75, 3.05) is 13.2 Å². The summed E-state index contributed by atoms with van der Waals surface area (Å²) < 4.78 is 0. The van der Waals surface area contributed by atoms with Gasteiger partial charge in [-0.15, -0.1) is 0 Å². The molecule has 0 bridgehead atoms. The second-order valence-electron chi connectivity index (χ2n) is 2.67. The summed E-state index contributed by atoms with van der Waals surface area (Å²) in [5, 5.41) is 34.1. The van der Waals surface area contributed by atoms with Crippen LogP contribution < -0.4 is 64.2 Å². The maximum absolute atomic E-state index is 10.1. The van der Waals surface area contributed by atoms with Gasteiger partial charge in [-0.1, -0.05) is 30.3 Å². The van der Waals surface area contributed by atoms with Crippen LogP contribution in [-0.2, 0) is 0 Å². The first kappa shape index (κ1) is 27.0. The third kappa shape index (κ3) is 14.6. The molecule has 0 saturated carbocycles. The Morgan fingerprint density at radius 2 is 1.50 bits per heavy atom. The predicted molar refractivity (Wildman–Crippen MR) is 52.9 cm³/mol. The van der Waals surface area contributed by atoms with Crippen molar-refractivity contribution in [2.24, 2.45) is 0 Å². The van der Waals surface area contributed by atoms with Gasteiger partial charge in [0, 0.05) is 0 Å². The summed E-state index contributed by atoms with van der Waals surface area (Å²) in [5.74, 6) is -1.13. The summed E-state index contributed by atoms with van der Waals surface area (Å²) in [6.45, 7) is -0.729. The van der Waals surface area contributed by atoms with Gasteiger partial charge in [0.2, 0.25) is 0 Å². The van der Waals surface area contributed by atoms with Gasteiger partial charge in [0.15, 0.2) is 0 Å². The molecular weight excluding hydrogens is 262 g/mol. The van der Waals surface area contributed by atoms with Crippen LogP contribution in [0.5, 0.6) is 0 Å². The molecule has 8 heteroatoms. The van der Waals surface area contributed by atoms with Gasteiger partial charge in [0.1, 0.15) is 6.10 Å². The zero-order chi connectivity index (χ0) is 11.7. The molecule has 0 spiro atoms. The van der Waals surface area contributed by atoms with Gasteiger partial charge < -0.3 is 30.7 Å². The van der Waals surface area contributed by atoms with Crippen LogP contribution in [-0.4, -0.2) is 46.1 Å². The standard InChI is InChI=1S/C7H6O2.C3H8O3.2Na.H2O/c8-7(9)6-4-2-1-3-5-6;4-1-3(6)2-5;;;/h1-5H,(H,8,9);3-6H,1-2H2;;;1H2/q;;2*+1;/p-2. The number of benzene rings is 1. The smallest absolute Gasteiger partial charge is 0.870 e. The zero-order valence-corrected chi connectivity index (χ0v) is 14.5. The average molecular weight is 276 g/mol. The molecule has 0 aliphatic carbocycles. The Labute approximate surface area is 150 Å². The molecule has 4 N–H and O–H groups in total. The molecular formula is C10H14Na2O6. The van der Waals surface area contributed by atoms with Crippen LogP contribution in [0.1, 0.15) is 10.4 Å². The van der Waals surface area contributed by atoms with Crippen molar-refractivity contribution < 1.29 is 89.8 Å². The maximum Gasteiger partial charge on any atom is 1.00 e. The van der Waals surface area contributed by atoms with E-state index < -0.39 is 12.1 Å². The van der Waals surface area contributed by atoms with Gasteiger partial charge in [0.25, 0.3) is 0 Å². The topological polar surface area (TPSA) is 131 Å². The Hall–Kier alpha value is 0.530. The van der Waals surface area contributed by atoms with Crippen molar-refractivity contribution >= 4 is 5.97 Å². The maximum atomic E-state index is 10.1. The third-order valence-electron chi connectivity index (χ3n) is 1.43. The van der Waals surface area contributed by atoms with Crippen molar-refractivity contribution in [3.05, 3.63) is 35.9 Å². The van der Waals surface area contributed by atoms with Gasteiger partial charge in [-0.2, -0.15) is 0 Å². The fourth-order valence-electron chi connectivity index (χ4n) is 0.632. The van der Waals surface area contributed by atoms with E-state index in [0.717, 1.165) is 0 Å². The van der Waals surface area contributed by atoms with Crippen molar-refractivity contribution in [2.45, 2.75) is 6.10 Å². The van der Waals surface area contributed by atoms with Crippen molar-refractivity contribution in [1.82, 2.24) is 0 Å². The van der Waals surface area contributed by atoms with Crippen LogP contribution in [0.3, 0.4) is 0 Å². The molecule has 92 valence electrons. The molecule has 1 aromatic rings. The molecule has 0 fully saturated rings.